The number of ether oxygens (including phenoxy) is 2. The maximum Gasteiger partial charge on any atom is 0.164 e. The maximum atomic E-state index is 9.42. The van der Waals surface area contributed by atoms with Crippen molar-refractivity contribution >= 4 is 43.9 Å². The van der Waals surface area contributed by atoms with Gasteiger partial charge in [0.1, 0.15) is 17.4 Å². The molecule has 0 atom stereocenters. The van der Waals surface area contributed by atoms with Crippen LogP contribution in [0.1, 0.15) is 22.4 Å². The Balaban J connectivity index is 2.33. The minimum Gasteiger partial charge on any atom is -0.495 e. The number of hydrogen-bond donors (Lipinski definition) is 1. The molecule has 1 heterocycles. The zero-order chi connectivity index (χ0) is 18.4. The Morgan fingerprint density at radius 2 is 2.08 bits per heavy atom. The van der Waals surface area contributed by atoms with E-state index in [9.17, 15) is 5.26 Å². The van der Waals surface area contributed by atoms with Crippen molar-refractivity contribution in [3.05, 3.63) is 49.5 Å². The monoisotopic (exact) mass is 466 g/mol. The van der Waals surface area contributed by atoms with Gasteiger partial charge in [0.15, 0.2) is 5.82 Å². The lowest BCUT2D eigenvalue weighted by Crippen LogP contribution is -2.04. The van der Waals surface area contributed by atoms with Crippen LogP contribution < -0.4 is 10.2 Å². The number of nitrogens with zero attached hydrogens (tertiary/aromatic N) is 3. The largest absolute Gasteiger partial charge is 0.495 e. The molecule has 0 aliphatic carbocycles. The molecule has 2 rings (SSSR count). The van der Waals surface area contributed by atoms with Crippen LogP contribution in [-0.4, -0.2) is 25.4 Å². The summed E-state index contributed by atoms with van der Waals surface area (Å²) in [4.78, 5) is 4.34. The second-order valence-corrected chi connectivity index (χ2v) is 6.84. The first kappa shape index (κ1) is 19.4. The highest BCUT2D eigenvalue weighted by atomic mass is 79.9. The van der Waals surface area contributed by atoms with Crippen LogP contribution in [0.5, 0.6) is 5.75 Å². The fourth-order valence-corrected chi connectivity index (χ4v) is 3.69. The van der Waals surface area contributed by atoms with Gasteiger partial charge in [0.25, 0.3) is 0 Å². The van der Waals surface area contributed by atoms with Crippen molar-refractivity contribution in [1.82, 2.24) is 4.98 Å². The molecule has 0 radical (unpaired) electrons. The number of rotatable bonds is 6. The van der Waals surface area contributed by atoms with Gasteiger partial charge >= 0.3 is 0 Å². The van der Waals surface area contributed by atoms with E-state index in [1.54, 1.807) is 20.4 Å². The zero-order valence-electron chi connectivity index (χ0n) is 13.9. The van der Waals surface area contributed by atoms with Gasteiger partial charge in [0.05, 0.1) is 24.4 Å². The Kier molecular flexibility index (Phi) is 6.93. The Labute approximate surface area is 163 Å². The van der Waals surface area contributed by atoms with E-state index in [1.807, 2.05) is 25.1 Å². The van der Waals surface area contributed by atoms with Crippen molar-refractivity contribution in [2.24, 2.45) is 5.10 Å². The summed E-state index contributed by atoms with van der Waals surface area (Å²) in [6, 6.07) is 7.73. The fraction of sp³-hybridized carbons (Fsp3) is 0.235. The maximum absolute atomic E-state index is 9.42. The summed E-state index contributed by atoms with van der Waals surface area (Å²) in [5.74, 6) is 1.05. The van der Waals surface area contributed by atoms with Crippen molar-refractivity contribution < 1.29 is 9.47 Å². The van der Waals surface area contributed by atoms with E-state index in [0.29, 0.717) is 23.7 Å². The molecule has 0 bridgehead atoms. The Morgan fingerprint density at radius 1 is 1.32 bits per heavy atom. The predicted octanol–water partition coefficient (Wildman–Crippen LogP) is 4.39. The van der Waals surface area contributed by atoms with E-state index >= 15 is 0 Å². The van der Waals surface area contributed by atoms with Gasteiger partial charge in [-0.1, -0.05) is 15.9 Å². The molecule has 1 N–H and O–H groups in total. The normalized spacial score (nSPS) is 10.7. The lowest BCUT2D eigenvalue weighted by atomic mass is 10.1. The summed E-state index contributed by atoms with van der Waals surface area (Å²) in [5.41, 5.74) is 5.54. The molecule has 130 valence electrons. The third kappa shape index (κ3) is 4.78. The predicted molar refractivity (Wildman–Crippen MR) is 104 cm³/mol. The lowest BCUT2D eigenvalue weighted by molar-refractivity contribution is 0.184. The average Bonchev–Trinajstić information content (AvgIpc) is 2.54. The second-order valence-electron chi connectivity index (χ2n) is 5.07. The zero-order valence-corrected chi connectivity index (χ0v) is 17.1. The summed E-state index contributed by atoms with van der Waals surface area (Å²) >= 11 is 6.88. The van der Waals surface area contributed by atoms with Crippen LogP contribution in [0.3, 0.4) is 0 Å². The number of aryl methyl sites for hydroxylation is 1. The van der Waals surface area contributed by atoms with Gasteiger partial charge in [0.2, 0.25) is 0 Å². The minimum absolute atomic E-state index is 0.330. The van der Waals surface area contributed by atoms with Crippen molar-refractivity contribution in [2.45, 2.75) is 13.5 Å². The third-order valence-corrected chi connectivity index (χ3v) is 4.30. The summed E-state index contributed by atoms with van der Waals surface area (Å²) in [6.07, 6.45) is 1.61. The van der Waals surface area contributed by atoms with E-state index in [2.05, 4.69) is 53.4 Å². The minimum atomic E-state index is 0.330. The molecule has 0 aliphatic heterocycles. The molecule has 1 aromatic heterocycles. The number of aromatic nitrogens is 1. The lowest BCUT2D eigenvalue weighted by Gasteiger charge is -2.10. The number of anilines is 1. The fourth-order valence-electron chi connectivity index (χ4n) is 2.27. The topological polar surface area (TPSA) is 79.5 Å². The highest BCUT2D eigenvalue weighted by Crippen LogP contribution is 2.31. The smallest absolute Gasteiger partial charge is 0.164 e. The Hall–Kier alpha value is -1.95. The van der Waals surface area contributed by atoms with Crippen LogP contribution in [0, 0.1) is 18.3 Å². The number of nitriles is 1. The highest BCUT2D eigenvalue weighted by molar-refractivity contribution is 9.11. The molecule has 0 saturated heterocycles. The van der Waals surface area contributed by atoms with Crippen LogP contribution in [0.15, 0.2) is 32.2 Å². The average molecular weight is 468 g/mol. The first-order chi connectivity index (χ1) is 12.0. The molecule has 25 heavy (non-hydrogen) atoms. The standard InChI is InChI=1S/C17H16Br2N4O2/c1-10-4-12(9-24-2)14(7-20)17(22-10)23-21-8-11-5-13(18)6-15(19)16(11)25-3/h4-6,8H,9H2,1-3H3,(H,22,23)/b21-8-. The van der Waals surface area contributed by atoms with Gasteiger partial charge in [0, 0.05) is 28.4 Å². The number of hydrazone groups is 1. The number of nitrogens with one attached hydrogen (secondary N) is 1. The molecule has 0 unspecified atom stereocenters. The van der Waals surface area contributed by atoms with E-state index in [1.165, 1.54) is 0 Å². The van der Waals surface area contributed by atoms with Gasteiger partial charge < -0.3 is 9.47 Å². The molecular formula is C17H16Br2N4O2. The van der Waals surface area contributed by atoms with E-state index in [-0.39, 0.29) is 0 Å². The van der Waals surface area contributed by atoms with Crippen molar-refractivity contribution in [2.75, 3.05) is 19.6 Å². The third-order valence-electron chi connectivity index (χ3n) is 3.26. The molecule has 6 nitrogen and oxygen atoms in total. The van der Waals surface area contributed by atoms with E-state index in [0.717, 1.165) is 25.8 Å². The molecular weight excluding hydrogens is 452 g/mol. The molecule has 0 amide bonds. The number of hydrogen-bond acceptors (Lipinski definition) is 6. The molecule has 0 aliphatic rings. The SMILES string of the molecule is COCc1cc(C)nc(N/N=C\c2cc(Br)cc(Br)c2OC)c1C#N. The summed E-state index contributed by atoms with van der Waals surface area (Å²) in [5, 5.41) is 13.6. The number of benzene rings is 1. The second kappa shape index (κ2) is 8.94. The van der Waals surface area contributed by atoms with Crippen molar-refractivity contribution in [1.29, 1.82) is 5.26 Å². The molecule has 1 aromatic carbocycles. The molecule has 0 fully saturated rings. The van der Waals surface area contributed by atoms with Crippen molar-refractivity contribution in [3.8, 4) is 11.8 Å². The highest BCUT2D eigenvalue weighted by Gasteiger charge is 2.11. The number of halogens is 2. The van der Waals surface area contributed by atoms with Gasteiger partial charge in [-0.25, -0.2) is 4.98 Å². The molecule has 2 aromatic rings. The van der Waals surface area contributed by atoms with Gasteiger partial charge in [-0.15, -0.1) is 0 Å². The molecule has 0 saturated carbocycles. The number of methoxy groups -OCH3 is 2. The van der Waals surface area contributed by atoms with Gasteiger partial charge in [-0.3, -0.25) is 5.43 Å². The van der Waals surface area contributed by atoms with Crippen LogP contribution in [0.25, 0.3) is 0 Å². The van der Waals surface area contributed by atoms with Crippen LogP contribution in [0.4, 0.5) is 5.82 Å². The molecule has 0 spiro atoms. The van der Waals surface area contributed by atoms with Crippen molar-refractivity contribution in [3.63, 3.8) is 0 Å². The van der Waals surface area contributed by atoms with Gasteiger partial charge in [-0.2, -0.15) is 10.4 Å². The van der Waals surface area contributed by atoms with E-state index < -0.39 is 0 Å². The Morgan fingerprint density at radius 3 is 2.72 bits per heavy atom. The summed E-state index contributed by atoms with van der Waals surface area (Å²) in [6.45, 7) is 2.18. The first-order valence-corrected chi connectivity index (χ1v) is 8.80. The van der Waals surface area contributed by atoms with Crippen LogP contribution in [0.2, 0.25) is 0 Å². The number of pyridine rings is 1. The molecule has 8 heteroatoms. The first-order valence-electron chi connectivity index (χ1n) is 7.21. The van der Waals surface area contributed by atoms with Gasteiger partial charge in [-0.05, 0) is 41.1 Å². The summed E-state index contributed by atoms with van der Waals surface area (Å²) in [7, 11) is 3.17. The van der Waals surface area contributed by atoms with E-state index in [4.69, 9.17) is 9.47 Å². The van der Waals surface area contributed by atoms with Crippen LogP contribution >= 0.6 is 31.9 Å². The summed E-state index contributed by atoms with van der Waals surface area (Å²) < 4.78 is 12.2. The van der Waals surface area contributed by atoms with Crippen LogP contribution in [-0.2, 0) is 11.3 Å². The quantitative estimate of drug-likeness (QED) is 0.503. The Bertz CT molecular complexity index is 848.